The van der Waals surface area contributed by atoms with Crippen LogP contribution in [0.25, 0.3) is 0 Å². The molecule has 5 heterocycles. The van der Waals surface area contributed by atoms with Crippen molar-refractivity contribution in [1.82, 2.24) is 73.2 Å². The number of aliphatic carboxylic acids is 1. The molecule has 8 rings (SSSR count). The lowest BCUT2D eigenvalue weighted by Gasteiger charge is -2.35. The van der Waals surface area contributed by atoms with Crippen LogP contribution in [-0.2, 0) is 91.2 Å². The number of rotatable bonds is 13. The van der Waals surface area contributed by atoms with E-state index >= 15 is 14.4 Å². The molecule has 0 unspecified atom stereocenters. The zero-order valence-electron chi connectivity index (χ0n) is 59.8. The summed E-state index contributed by atoms with van der Waals surface area (Å²) in [4.78, 5) is 222. The quantitative estimate of drug-likeness (QED) is 0.0852. The molecule has 32 nitrogen and oxygen atoms in total. The number of aliphatic hydroxyl groups is 1. The fraction of sp³-hybridized carbons (Fsp3) is 0.542. The number of carbonyl (C=O) groups excluding carboxylic acids is 14. The molecule has 0 radical (unpaired) electrons. The van der Waals surface area contributed by atoms with E-state index in [0.717, 1.165) is 21.6 Å². The molecule has 5 saturated heterocycles. The predicted molar refractivity (Wildman–Crippen MR) is 387 cm³/mol. The average molecular weight is 1510 g/mol. The van der Waals surface area contributed by atoms with Crippen molar-refractivity contribution in [2.24, 2.45) is 11.8 Å². The van der Waals surface area contributed by atoms with Crippen LogP contribution in [-0.4, -0.2) is 242 Å². The third-order valence-electron chi connectivity index (χ3n) is 19.7. The van der Waals surface area contributed by atoms with Crippen LogP contribution < -0.4 is 58.5 Å². The van der Waals surface area contributed by atoms with Crippen molar-refractivity contribution in [1.29, 1.82) is 0 Å². The summed E-state index contributed by atoms with van der Waals surface area (Å²) < 4.78 is 0. The van der Waals surface area contributed by atoms with Gasteiger partial charge in [-0.25, -0.2) is 0 Å². The maximum absolute atomic E-state index is 15.3. The third kappa shape index (κ3) is 22.1. The van der Waals surface area contributed by atoms with Gasteiger partial charge in [0.05, 0.1) is 19.6 Å². The zero-order chi connectivity index (χ0) is 76.9. The molecule has 3 aromatic rings. The Kier molecular flexibility index (Phi) is 30.1. The zero-order valence-corrected chi connectivity index (χ0v) is 61.4. The van der Waals surface area contributed by atoms with E-state index in [-0.39, 0.29) is 82.5 Å². The number of aromatic hydroxyl groups is 1. The Morgan fingerprint density at radius 1 is 0.453 bits per heavy atom. The number of carboxylic acids is 1. The fourth-order valence-corrected chi connectivity index (χ4v) is 15.6. The average Bonchev–Trinajstić information content (AvgIpc) is 1.69. The van der Waals surface area contributed by atoms with Gasteiger partial charge in [0.1, 0.15) is 84.3 Å². The summed E-state index contributed by atoms with van der Waals surface area (Å²) in [7, 11) is 1.81. The summed E-state index contributed by atoms with van der Waals surface area (Å²) >= 11 is 0. The third-order valence-corrected chi connectivity index (χ3v) is 22.2. The number of nitrogens with zero attached hydrogens (tertiary/aromatic N) is 3. The number of fused-ring (bicyclic) bond motifs is 8. The van der Waals surface area contributed by atoms with Gasteiger partial charge >= 0.3 is 5.97 Å². The van der Waals surface area contributed by atoms with Crippen LogP contribution in [0.1, 0.15) is 109 Å². The van der Waals surface area contributed by atoms with E-state index in [1.54, 1.807) is 88.4 Å². The monoisotopic (exact) mass is 1510 g/mol. The van der Waals surface area contributed by atoms with Crippen LogP contribution in [0.4, 0.5) is 0 Å². The van der Waals surface area contributed by atoms with Crippen molar-refractivity contribution in [3.05, 3.63) is 102 Å². The number of phenols is 1. The Balaban J connectivity index is 1.22. The Bertz CT molecular complexity index is 3690. The minimum atomic E-state index is -1.82. The molecule has 5 aliphatic heterocycles. The SMILES string of the molecule is CC[C@H](C)[C@@H]1NC(=O)[C@@H]2CCCN2C(=O)[C@@H]2CCCN2C(=O)[C@H]([C@@H](C)CC)NC(=O)[C@H](CO)NC(=O)[C@H](Cc2ccc(O)cc2)NC(=O)[C@H](C)NC(=O)[C@@H]2CSSC[C@H](NC1=O)C(=O)N[C@@H](Cc1ccccc1)C(=O)N1CCC[C@H]1C(=O)N[C@@H](CC(=O)O)C(=O)NCC(=O)N[C@@H](Cc1ccccc1)C(=O)N2. The summed E-state index contributed by atoms with van der Waals surface area (Å²) in [5.74, 6) is -16.3. The van der Waals surface area contributed by atoms with E-state index in [2.05, 4.69) is 58.5 Å². The number of benzene rings is 3. The van der Waals surface area contributed by atoms with E-state index in [1.165, 1.54) is 45.9 Å². The molecule has 574 valence electrons. The van der Waals surface area contributed by atoms with Crippen molar-refractivity contribution in [2.75, 3.05) is 44.3 Å². The van der Waals surface area contributed by atoms with Crippen LogP contribution in [0.3, 0.4) is 0 Å². The first kappa shape index (κ1) is 81.8. The van der Waals surface area contributed by atoms with Gasteiger partial charge in [-0.2, -0.15) is 0 Å². The van der Waals surface area contributed by atoms with Crippen LogP contribution in [0.2, 0.25) is 0 Å². The second kappa shape index (κ2) is 39.0. The number of phenolic OH excluding ortho intramolecular Hbond substituents is 1. The molecule has 0 spiro atoms. The topological polar surface area (TPSA) is 459 Å². The van der Waals surface area contributed by atoms with Gasteiger partial charge < -0.3 is 88.5 Å². The fourth-order valence-electron chi connectivity index (χ4n) is 13.3. The van der Waals surface area contributed by atoms with Crippen LogP contribution >= 0.6 is 21.6 Å². The summed E-state index contributed by atoms with van der Waals surface area (Å²) in [5, 5.41) is 59.6. The molecule has 14 amide bonds. The first-order valence-electron chi connectivity index (χ1n) is 35.8. The lowest BCUT2D eigenvalue weighted by molar-refractivity contribution is -0.149. The standard InChI is InChI=1S/C72H96N14O18S2/c1-6-39(3)58-69(101)81-52-38-106-105-37-51(80-62(94)46(31-42-17-10-8-11-18-42)75-56(89)35-73-61(93)48(34-57(90)91)77-67(99)53-21-14-28-84(53)70(102)49(78-66(52)98)33-43-19-12-9-13-20-43)65(97)74-41(5)60(92)76-47(32-44-24-26-45(88)27-25-44)63(95)79-50(36-87)64(96)83-59(40(4)7-2)72(104)86-30-16-23-55(86)71(103)85-29-15-22-54(85)68(100)82-58/h8-13,17-20,24-27,39-41,46-55,58-59,87-88H,6-7,14-16,21-23,28-38H2,1-5H3,(H,73,93)(H,74,97)(H,75,89)(H,76,92)(H,77,99)(H,78,98)(H,79,95)(H,80,94)(H,81,101)(H,82,100)(H,83,96)(H,90,91)/t39-,40-,41-,46-,47-,48-,49-,50-,51-,52-,53-,54-,55-,58-,59-/m0/s1. The number of nitrogens with one attached hydrogen (secondary N) is 11. The minimum Gasteiger partial charge on any atom is -0.508 e. The lowest BCUT2D eigenvalue weighted by atomic mass is 9.96. The van der Waals surface area contributed by atoms with E-state index in [9.17, 15) is 72.9 Å². The van der Waals surface area contributed by atoms with Crippen molar-refractivity contribution in [3.63, 3.8) is 0 Å². The highest BCUT2D eigenvalue weighted by Gasteiger charge is 2.47. The highest BCUT2D eigenvalue weighted by atomic mass is 33.1. The molecule has 0 saturated carbocycles. The van der Waals surface area contributed by atoms with Gasteiger partial charge in [0.15, 0.2) is 0 Å². The maximum atomic E-state index is 15.3. The smallest absolute Gasteiger partial charge is 0.305 e. The Morgan fingerprint density at radius 3 is 1.44 bits per heavy atom. The number of amides is 14. The number of carboxylic acid groups (broad SMARTS) is 1. The second-order valence-corrected chi connectivity index (χ2v) is 29.9. The van der Waals surface area contributed by atoms with Gasteiger partial charge in [0.2, 0.25) is 82.7 Å². The van der Waals surface area contributed by atoms with Gasteiger partial charge in [-0.15, -0.1) is 0 Å². The van der Waals surface area contributed by atoms with E-state index in [0.29, 0.717) is 36.0 Å². The van der Waals surface area contributed by atoms with E-state index in [1.807, 2.05) is 0 Å². The van der Waals surface area contributed by atoms with Gasteiger partial charge in [-0.05, 0) is 86.1 Å². The maximum Gasteiger partial charge on any atom is 0.305 e. The normalized spacial score (nSPS) is 28.1. The molecule has 2 bridgehead atoms. The Labute approximate surface area is 621 Å². The number of hydrogen-bond acceptors (Lipinski definition) is 19. The first-order valence-corrected chi connectivity index (χ1v) is 38.3. The molecular weight excluding hydrogens is 1410 g/mol. The lowest BCUT2D eigenvalue weighted by Crippen LogP contribution is -2.62. The summed E-state index contributed by atoms with van der Waals surface area (Å²) in [6.07, 6.45) is 0.268. The van der Waals surface area contributed by atoms with Crippen LogP contribution in [0.5, 0.6) is 5.75 Å². The molecule has 5 fully saturated rings. The van der Waals surface area contributed by atoms with Crippen LogP contribution in [0, 0.1) is 11.8 Å². The van der Waals surface area contributed by atoms with Gasteiger partial charge in [-0.3, -0.25) is 71.9 Å². The molecule has 5 aliphatic rings. The number of aliphatic hydroxyl groups excluding tert-OH is 1. The van der Waals surface area contributed by atoms with Crippen molar-refractivity contribution >= 4 is 110 Å². The van der Waals surface area contributed by atoms with Crippen LogP contribution in [0.15, 0.2) is 84.9 Å². The van der Waals surface area contributed by atoms with Crippen molar-refractivity contribution in [2.45, 2.75) is 190 Å². The Hall–Kier alpha value is -9.83. The predicted octanol–water partition coefficient (Wildman–Crippen LogP) is -1.66. The molecule has 34 heteroatoms. The van der Waals surface area contributed by atoms with Gasteiger partial charge in [0, 0.05) is 50.4 Å². The van der Waals surface area contributed by atoms with Crippen molar-refractivity contribution < 1.29 is 87.2 Å². The molecule has 106 heavy (non-hydrogen) atoms. The van der Waals surface area contributed by atoms with E-state index < -0.39 is 204 Å². The van der Waals surface area contributed by atoms with E-state index in [4.69, 9.17) is 0 Å². The molecule has 14 N–H and O–H groups in total. The number of carbonyl (C=O) groups is 15. The summed E-state index contributed by atoms with van der Waals surface area (Å²) in [5.41, 5.74) is 1.43. The van der Waals surface area contributed by atoms with Gasteiger partial charge in [0.25, 0.3) is 0 Å². The first-order chi connectivity index (χ1) is 50.7. The van der Waals surface area contributed by atoms with Crippen molar-refractivity contribution in [3.8, 4) is 5.75 Å². The largest absolute Gasteiger partial charge is 0.508 e. The summed E-state index contributed by atoms with van der Waals surface area (Å²) in [6, 6.07) is 3.07. The minimum absolute atomic E-state index is 0.0318. The second-order valence-electron chi connectivity index (χ2n) is 27.3. The molecule has 3 aromatic carbocycles. The van der Waals surface area contributed by atoms with Gasteiger partial charge in [-0.1, -0.05) is 135 Å². The molecule has 0 aromatic heterocycles. The Morgan fingerprint density at radius 2 is 0.887 bits per heavy atom. The molecule has 0 aliphatic carbocycles. The highest BCUT2D eigenvalue weighted by Crippen LogP contribution is 2.29. The number of hydrogen-bond donors (Lipinski definition) is 14. The molecule has 15 atom stereocenters. The molecular formula is C72H96N14O18S2. The highest BCUT2D eigenvalue weighted by molar-refractivity contribution is 8.76. The summed E-state index contributed by atoms with van der Waals surface area (Å²) in [6.45, 7) is 6.43.